The molecule has 4 bridgehead atoms. The maximum Gasteiger partial charge on any atom is 0.0167 e. The van der Waals surface area contributed by atoms with Crippen molar-refractivity contribution in [3.05, 3.63) is 0 Å². The van der Waals surface area contributed by atoms with Gasteiger partial charge < -0.3 is 5.73 Å². The molecule has 4 aliphatic carbocycles. The fraction of sp³-hybridized carbons (Fsp3) is 1.00. The highest BCUT2D eigenvalue weighted by molar-refractivity contribution is 5.85. The summed E-state index contributed by atoms with van der Waals surface area (Å²) in [7, 11) is 0. The summed E-state index contributed by atoms with van der Waals surface area (Å²) in [6, 6.07) is 0. The molecule has 0 aromatic rings. The van der Waals surface area contributed by atoms with Crippen molar-refractivity contribution in [3.8, 4) is 0 Å². The van der Waals surface area contributed by atoms with Gasteiger partial charge in [-0.15, -0.1) is 12.4 Å². The smallest absolute Gasteiger partial charge is 0.0167 e. The molecular weight excluding hydrogens is 194 g/mol. The molecule has 14 heavy (non-hydrogen) atoms. The maximum atomic E-state index is 6.49. The van der Waals surface area contributed by atoms with Crippen molar-refractivity contribution in [2.75, 3.05) is 0 Å². The van der Waals surface area contributed by atoms with E-state index in [0.29, 0.717) is 10.8 Å². The van der Waals surface area contributed by atoms with E-state index in [1.165, 1.54) is 38.5 Å². The number of hydrogen-bond acceptors (Lipinski definition) is 1. The van der Waals surface area contributed by atoms with Gasteiger partial charge in [0.05, 0.1) is 0 Å². The average Bonchev–Trinajstić information content (AvgIpc) is 1.71. The van der Waals surface area contributed by atoms with Gasteiger partial charge in [-0.25, -0.2) is 0 Å². The summed E-state index contributed by atoms with van der Waals surface area (Å²) < 4.78 is 0. The Morgan fingerprint density at radius 3 is 1.86 bits per heavy atom. The van der Waals surface area contributed by atoms with E-state index in [2.05, 4.69) is 13.8 Å². The van der Waals surface area contributed by atoms with Crippen LogP contribution in [0.15, 0.2) is 0 Å². The van der Waals surface area contributed by atoms with Crippen molar-refractivity contribution in [2.45, 2.75) is 57.9 Å². The molecule has 0 aliphatic heterocycles. The van der Waals surface area contributed by atoms with Gasteiger partial charge in [0.2, 0.25) is 0 Å². The first-order chi connectivity index (χ1) is 5.91. The fourth-order valence-electron chi connectivity index (χ4n) is 5.54. The average molecular weight is 220 g/mol. The topological polar surface area (TPSA) is 26.0 Å². The molecule has 0 heterocycles. The van der Waals surface area contributed by atoms with Crippen molar-refractivity contribution in [3.63, 3.8) is 0 Å². The number of nitrogens with two attached hydrogens (primary N) is 1. The van der Waals surface area contributed by atoms with Crippen LogP contribution in [0.5, 0.6) is 0 Å². The molecule has 2 unspecified atom stereocenters. The van der Waals surface area contributed by atoms with Gasteiger partial charge in [-0.05, 0) is 55.3 Å². The molecule has 0 saturated heterocycles. The highest BCUT2D eigenvalue weighted by Crippen LogP contribution is 2.65. The molecular formula is C12H26ClN. The predicted molar refractivity (Wildman–Crippen MR) is 65.8 cm³/mol. The lowest BCUT2D eigenvalue weighted by atomic mass is 9.43. The minimum atomic E-state index is 0. The van der Waals surface area contributed by atoms with Gasteiger partial charge >= 0.3 is 0 Å². The number of rotatable bonds is 0. The van der Waals surface area contributed by atoms with E-state index in [1.54, 1.807) is 0 Å². The van der Waals surface area contributed by atoms with Crippen molar-refractivity contribution in [2.24, 2.45) is 22.5 Å². The Bertz CT molecular complexity index is 221. The number of halogens is 1. The summed E-state index contributed by atoms with van der Waals surface area (Å²) in [5.74, 6) is 0.955. The molecule has 0 aromatic heterocycles. The minimum Gasteiger partial charge on any atom is -0.325 e. The molecule has 0 spiro atoms. The monoisotopic (exact) mass is 219 g/mol. The molecule has 86 valence electrons. The Balaban J connectivity index is 0.000000750. The zero-order valence-electron chi connectivity index (χ0n) is 9.31. The molecule has 2 heteroatoms. The van der Waals surface area contributed by atoms with E-state index >= 15 is 0 Å². The molecule has 4 aliphatic rings. The van der Waals surface area contributed by atoms with E-state index in [1.807, 2.05) is 0 Å². The first-order valence-corrected chi connectivity index (χ1v) is 5.70. The van der Waals surface area contributed by atoms with Crippen LogP contribution in [0, 0.1) is 16.7 Å². The van der Waals surface area contributed by atoms with Crippen molar-refractivity contribution in [1.82, 2.24) is 0 Å². The second kappa shape index (κ2) is 2.68. The van der Waals surface area contributed by atoms with Crippen LogP contribution >= 0.6 is 12.4 Å². The normalized spacial score (nSPS) is 59.8. The van der Waals surface area contributed by atoms with Crippen LogP contribution in [0.1, 0.15) is 55.2 Å². The van der Waals surface area contributed by atoms with Gasteiger partial charge in [0.1, 0.15) is 0 Å². The summed E-state index contributed by atoms with van der Waals surface area (Å²) in [5, 5.41) is 0. The SMILES string of the molecule is CC12CC3CC(C)(C1)CC(N)(C3)C2.Cl.[HH].[HH]. The van der Waals surface area contributed by atoms with Crippen LogP contribution < -0.4 is 5.73 Å². The Labute approximate surface area is 96.2 Å². The highest BCUT2D eigenvalue weighted by Gasteiger charge is 2.58. The van der Waals surface area contributed by atoms with Crippen molar-refractivity contribution < 1.29 is 2.85 Å². The van der Waals surface area contributed by atoms with Gasteiger partial charge in [0.15, 0.2) is 0 Å². The second-order valence-electron chi connectivity index (χ2n) is 6.99. The van der Waals surface area contributed by atoms with E-state index in [9.17, 15) is 0 Å². The molecule has 0 radical (unpaired) electrons. The minimum absolute atomic E-state index is 0. The van der Waals surface area contributed by atoms with Gasteiger partial charge in [-0.1, -0.05) is 13.8 Å². The third-order valence-electron chi connectivity index (χ3n) is 4.67. The quantitative estimate of drug-likeness (QED) is 0.662. The Hall–Kier alpha value is 0.250. The standard InChI is InChI=1S/C12H21N.ClH.2H2/c1-10-3-9-4-11(2,6-10)8-12(13,5-9)7-10;;;/h9H,3-8,13H2,1-2H3;3*1H. The Morgan fingerprint density at radius 2 is 1.50 bits per heavy atom. The van der Waals surface area contributed by atoms with Crippen LogP contribution in [-0.4, -0.2) is 5.54 Å². The third kappa shape index (κ3) is 1.40. The van der Waals surface area contributed by atoms with E-state index in [0.717, 1.165) is 5.92 Å². The first kappa shape index (κ1) is 10.8. The van der Waals surface area contributed by atoms with Crippen LogP contribution in [0.4, 0.5) is 0 Å². The summed E-state index contributed by atoms with van der Waals surface area (Å²) in [4.78, 5) is 0. The molecule has 4 rings (SSSR count). The fourth-order valence-corrected chi connectivity index (χ4v) is 5.54. The van der Waals surface area contributed by atoms with Crippen LogP contribution in [0.25, 0.3) is 0 Å². The van der Waals surface area contributed by atoms with Gasteiger partial charge in [-0.2, -0.15) is 0 Å². The van der Waals surface area contributed by atoms with Crippen LogP contribution in [-0.2, 0) is 0 Å². The zero-order chi connectivity index (χ0) is 9.32. The molecule has 2 N–H and O–H groups in total. The van der Waals surface area contributed by atoms with E-state index < -0.39 is 0 Å². The van der Waals surface area contributed by atoms with Gasteiger partial charge in [0.25, 0.3) is 0 Å². The molecule has 4 saturated carbocycles. The lowest BCUT2D eigenvalue weighted by Gasteiger charge is -2.64. The van der Waals surface area contributed by atoms with E-state index in [4.69, 9.17) is 5.73 Å². The lowest BCUT2D eigenvalue weighted by molar-refractivity contribution is -0.104. The van der Waals surface area contributed by atoms with Crippen LogP contribution in [0.2, 0.25) is 0 Å². The molecule has 1 nitrogen and oxygen atoms in total. The van der Waals surface area contributed by atoms with Crippen LogP contribution in [0.3, 0.4) is 0 Å². The number of hydrogen-bond donors (Lipinski definition) is 1. The van der Waals surface area contributed by atoms with E-state index in [-0.39, 0.29) is 20.8 Å². The van der Waals surface area contributed by atoms with Crippen molar-refractivity contribution in [1.29, 1.82) is 0 Å². The zero-order valence-corrected chi connectivity index (χ0v) is 10.1. The Kier molecular flexibility index (Phi) is 2.06. The Morgan fingerprint density at radius 1 is 1.00 bits per heavy atom. The largest absolute Gasteiger partial charge is 0.325 e. The predicted octanol–water partition coefficient (Wildman–Crippen LogP) is 3.61. The lowest BCUT2D eigenvalue weighted by Crippen LogP contribution is -2.62. The summed E-state index contributed by atoms with van der Waals surface area (Å²) in [5.41, 5.74) is 7.92. The summed E-state index contributed by atoms with van der Waals surface area (Å²) in [6.07, 6.45) is 8.27. The van der Waals surface area contributed by atoms with Crippen molar-refractivity contribution >= 4 is 12.4 Å². The van der Waals surface area contributed by atoms with Gasteiger partial charge in [-0.3, -0.25) is 0 Å². The molecule has 0 amide bonds. The van der Waals surface area contributed by atoms with Gasteiger partial charge in [0, 0.05) is 8.39 Å². The third-order valence-corrected chi connectivity index (χ3v) is 4.67. The molecule has 4 fully saturated rings. The highest BCUT2D eigenvalue weighted by atomic mass is 35.5. The maximum absolute atomic E-state index is 6.49. The first-order valence-electron chi connectivity index (χ1n) is 5.70. The second-order valence-corrected chi connectivity index (χ2v) is 6.99. The molecule has 0 aromatic carbocycles. The summed E-state index contributed by atoms with van der Waals surface area (Å²) >= 11 is 0. The molecule has 2 atom stereocenters. The summed E-state index contributed by atoms with van der Waals surface area (Å²) in [6.45, 7) is 4.94.